The highest BCUT2D eigenvalue weighted by atomic mass is 19.4. The van der Waals surface area contributed by atoms with E-state index in [9.17, 15) is 23.1 Å². The normalized spacial score (nSPS) is 18.8. The summed E-state index contributed by atoms with van der Waals surface area (Å²) >= 11 is 0. The lowest BCUT2D eigenvalue weighted by Crippen LogP contribution is -2.52. The van der Waals surface area contributed by atoms with E-state index < -0.39 is 24.2 Å². The van der Waals surface area contributed by atoms with Crippen molar-refractivity contribution in [3.63, 3.8) is 0 Å². The first-order chi connectivity index (χ1) is 9.74. The van der Waals surface area contributed by atoms with E-state index in [4.69, 9.17) is 0 Å². The Morgan fingerprint density at radius 3 is 2.33 bits per heavy atom. The number of carboxylic acid groups (broad SMARTS) is 1. The summed E-state index contributed by atoms with van der Waals surface area (Å²) in [4.78, 5) is 12.9. The Labute approximate surface area is 123 Å². The number of rotatable bonds is 10. The van der Waals surface area contributed by atoms with E-state index in [0.717, 1.165) is 12.8 Å². The van der Waals surface area contributed by atoms with Gasteiger partial charge in [-0.1, -0.05) is 13.8 Å². The molecule has 0 amide bonds. The molecule has 1 fully saturated rings. The summed E-state index contributed by atoms with van der Waals surface area (Å²) in [5.41, 5.74) is -1.03. The van der Waals surface area contributed by atoms with Crippen molar-refractivity contribution in [3.05, 3.63) is 0 Å². The Morgan fingerprint density at radius 2 is 1.95 bits per heavy atom. The fourth-order valence-electron chi connectivity index (χ4n) is 2.71. The molecule has 0 bridgehead atoms. The molecule has 0 aromatic carbocycles. The van der Waals surface area contributed by atoms with Gasteiger partial charge in [0.1, 0.15) is 5.54 Å². The van der Waals surface area contributed by atoms with Crippen LogP contribution < -0.4 is 5.32 Å². The monoisotopic (exact) mass is 310 g/mol. The molecule has 1 rings (SSSR count). The Morgan fingerprint density at radius 1 is 1.33 bits per heavy atom. The highest BCUT2D eigenvalue weighted by Gasteiger charge is 2.39. The average Bonchev–Trinajstić information content (AvgIpc) is 3.18. The maximum absolute atomic E-state index is 12.5. The number of hydrogen-bond acceptors (Lipinski definition) is 3. The van der Waals surface area contributed by atoms with Crippen LogP contribution in [0.2, 0.25) is 0 Å². The molecule has 0 aromatic heterocycles. The summed E-state index contributed by atoms with van der Waals surface area (Å²) < 4.78 is 37.6. The van der Waals surface area contributed by atoms with E-state index in [1.807, 2.05) is 6.92 Å². The number of nitrogens with one attached hydrogen (secondary N) is 1. The molecule has 0 aromatic rings. The molecule has 0 radical (unpaired) electrons. The van der Waals surface area contributed by atoms with Crippen LogP contribution in [0.4, 0.5) is 13.2 Å². The van der Waals surface area contributed by atoms with Gasteiger partial charge in [0.05, 0.1) is 6.54 Å². The first kappa shape index (κ1) is 18.2. The number of alkyl halides is 3. The minimum atomic E-state index is -4.20. The van der Waals surface area contributed by atoms with Gasteiger partial charge in [-0.3, -0.25) is 9.69 Å². The van der Waals surface area contributed by atoms with E-state index in [0.29, 0.717) is 32.4 Å². The van der Waals surface area contributed by atoms with Gasteiger partial charge < -0.3 is 10.4 Å². The molecule has 0 saturated heterocycles. The van der Waals surface area contributed by atoms with Crippen molar-refractivity contribution >= 4 is 5.97 Å². The molecule has 1 aliphatic rings. The predicted molar refractivity (Wildman–Crippen MR) is 74.2 cm³/mol. The summed E-state index contributed by atoms with van der Waals surface area (Å²) in [6.07, 6.45) is -1.38. The number of hydrogen-bond donors (Lipinski definition) is 2. The smallest absolute Gasteiger partial charge is 0.401 e. The summed E-state index contributed by atoms with van der Waals surface area (Å²) in [7, 11) is 0. The van der Waals surface area contributed by atoms with E-state index in [-0.39, 0.29) is 6.04 Å². The van der Waals surface area contributed by atoms with Crippen molar-refractivity contribution in [2.24, 2.45) is 0 Å². The SMILES string of the molecule is CCNC(CC)(CCCN(CC(F)(F)F)C1CC1)C(=O)O. The molecule has 0 aliphatic heterocycles. The number of carboxylic acids is 1. The largest absolute Gasteiger partial charge is 0.480 e. The Kier molecular flexibility index (Phi) is 6.46. The summed E-state index contributed by atoms with van der Waals surface area (Å²) in [5, 5.41) is 12.3. The lowest BCUT2D eigenvalue weighted by Gasteiger charge is -2.30. The minimum absolute atomic E-state index is 0.0200. The van der Waals surface area contributed by atoms with Crippen LogP contribution in [0, 0.1) is 0 Å². The lowest BCUT2D eigenvalue weighted by atomic mass is 9.90. The second-order valence-corrected chi connectivity index (χ2v) is 5.69. The molecular formula is C14H25F3N2O2. The van der Waals surface area contributed by atoms with Crippen LogP contribution >= 0.6 is 0 Å². The molecule has 124 valence electrons. The maximum atomic E-state index is 12.5. The highest BCUT2D eigenvalue weighted by molar-refractivity contribution is 5.78. The highest BCUT2D eigenvalue weighted by Crippen LogP contribution is 2.30. The van der Waals surface area contributed by atoms with Crippen LogP contribution in [-0.4, -0.2) is 53.4 Å². The number of nitrogens with zero attached hydrogens (tertiary/aromatic N) is 1. The van der Waals surface area contributed by atoms with E-state index >= 15 is 0 Å². The van der Waals surface area contributed by atoms with Crippen molar-refractivity contribution in [3.8, 4) is 0 Å². The first-order valence-corrected chi connectivity index (χ1v) is 7.53. The van der Waals surface area contributed by atoms with Crippen molar-refractivity contribution in [2.45, 2.75) is 63.7 Å². The molecule has 4 nitrogen and oxygen atoms in total. The summed E-state index contributed by atoms with van der Waals surface area (Å²) in [6, 6.07) is 0.0200. The quantitative estimate of drug-likeness (QED) is 0.651. The van der Waals surface area contributed by atoms with Gasteiger partial charge in [-0.2, -0.15) is 13.2 Å². The van der Waals surface area contributed by atoms with Gasteiger partial charge in [0, 0.05) is 6.04 Å². The zero-order chi connectivity index (χ0) is 16.1. The third-order valence-corrected chi connectivity index (χ3v) is 4.02. The molecular weight excluding hydrogens is 285 g/mol. The molecule has 21 heavy (non-hydrogen) atoms. The van der Waals surface area contributed by atoms with Crippen LogP contribution in [0.25, 0.3) is 0 Å². The fourth-order valence-corrected chi connectivity index (χ4v) is 2.71. The lowest BCUT2D eigenvalue weighted by molar-refractivity contribution is -0.149. The Hall–Kier alpha value is -0.820. The van der Waals surface area contributed by atoms with Gasteiger partial charge in [0.2, 0.25) is 0 Å². The predicted octanol–water partition coefficient (Wildman–Crippen LogP) is 2.64. The number of likely N-dealkylation sites (N-methyl/N-ethyl adjacent to an activating group) is 1. The van der Waals surface area contributed by atoms with Crippen LogP contribution in [0.5, 0.6) is 0 Å². The summed E-state index contributed by atoms with van der Waals surface area (Å²) in [5.74, 6) is -0.930. The zero-order valence-electron chi connectivity index (χ0n) is 12.7. The molecule has 1 aliphatic carbocycles. The average molecular weight is 310 g/mol. The van der Waals surface area contributed by atoms with Gasteiger partial charge in [-0.25, -0.2) is 0 Å². The second kappa shape index (κ2) is 7.45. The van der Waals surface area contributed by atoms with Crippen LogP contribution in [0.3, 0.4) is 0 Å². The molecule has 1 saturated carbocycles. The Bertz CT molecular complexity index is 346. The van der Waals surface area contributed by atoms with E-state index in [2.05, 4.69) is 5.32 Å². The molecule has 7 heteroatoms. The van der Waals surface area contributed by atoms with E-state index in [1.54, 1.807) is 6.92 Å². The van der Waals surface area contributed by atoms with Crippen molar-refractivity contribution in [1.29, 1.82) is 0 Å². The van der Waals surface area contributed by atoms with Crippen LogP contribution in [0.1, 0.15) is 46.0 Å². The third-order valence-electron chi connectivity index (χ3n) is 4.02. The van der Waals surface area contributed by atoms with Crippen molar-refractivity contribution in [2.75, 3.05) is 19.6 Å². The van der Waals surface area contributed by atoms with E-state index in [1.165, 1.54) is 4.90 Å². The maximum Gasteiger partial charge on any atom is 0.401 e. The van der Waals surface area contributed by atoms with Crippen molar-refractivity contribution in [1.82, 2.24) is 10.2 Å². The number of aliphatic carboxylic acids is 1. The standard InChI is InChI=1S/C14H25F3N2O2/c1-3-13(12(20)21,18-4-2)8-5-9-19(11-6-7-11)10-14(15,16)17/h11,18H,3-10H2,1-2H3,(H,20,21). The van der Waals surface area contributed by atoms with Gasteiger partial charge in [0.15, 0.2) is 0 Å². The first-order valence-electron chi connectivity index (χ1n) is 7.53. The van der Waals surface area contributed by atoms with Crippen LogP contribution in [0.15, 0.2) is 0 Å². The third kappa shape index (κ3) is 5.82. The van der Waals surface area contributed by atoms with Gasteiger partial charge in [0.25, 0.3) is 0 Å². The second-order valence-electron chi connectivity index (χ2n) is 5.69. The molecule has 0 spiro atoms. The van der Waals surface area contributed by atoms with Crippen LogP contribution in [-0.2, 0) is 4.79 Å². The van der Waals surface area contributed by atoms with Gasteiger partial charge in [-0.05, 0) is 45.2 Å². The number of halogens is 3. The van der Waals surface area contributed by atoms with Gasteiger partial charge in [-0.15, -0.1) is 0 Å². The fraction of sp³-hybridized carbons (Fsp3) is 0.929. The number of carbonyl (C=O) groups is 1. The zero-order valence-corrected chi connectivity index (χ0v) is 12.7. The summed E-state index contributed by atoms with van der Waals surface area (Å²) in [6.45, 7) is 3.53. The Balaban J connectivity index is 2.53. The molecule has 2 N–H and O–H groups in total. The minimum Gasteiger partial charge on any atom is -0.480 e. The topological polar surface area (TPSA) is 52.6 Å². The molecule has 0 heterocycles. The van der Waals surface area contributed by atoms with Crippen molar-refractivity contribution < 1.29 is 23.1 Å². The molecule has 1 unspecified atom stereocenters. The van der Waals surface area contributed by atoms with Gasteiger partial charge >= 0.3 is 12.1 Å². The molecule has 1 atom stereocenters.